The first-order valence-corrected chi connectivity index (χ1v) is 9.11. The number of fused-ring (bicyclic) bond motifs is 1. The number of hydrogen-bond donors (Lipinski definition) is 1. The van der Waals surface area contributed by atoms with Gasteiger partial charge in [-0.1, -0.05) is 11.6 Å². The molecule has 1 N–H and O–H groups in total. The summed E-state index contributed by atoms with van der Waals surface area (Å²) in [7, 11) is 0. The first-order valence-electron chi connectivity index (χ1n) is 6.59. The largest absolute Gasteiger partial charge is 0.306 e. The molecule has 2 heterocycles. The minimum atomic E-state index is 0.503. The number of benzene rings is 1. The van der Waals surface area contributed by atoms with Crippen molar-refractivity contribution in [3.05, 3.63) is 28.8 Å². The second-order valence-corrected chi connectivity index (χ2v) is 7.68. The molecule has 2 aliphatic rings. The highest BCUT2D eigenvalue weighted by molar-refractivity contribution is 7.99. The van der Waals surface area contributed by atoms with Crippen LogP contribution in [0.1, 0.15) is 30.9 Å². The van der Waals surface area contributed by atoms with Gasteiger partial charge in [0.25, 0.3) is 0 Å². The summed E-state index contributed by atoms with van der Waals surface area (Å²) in [6.07, 6.45) is 3.90. The summed E-state index contributed by atoms with van der Waals surface area (Å²) >= 11 is 10.2. The second kappa shape index (κ2) is 6.08. The molecule has 1 saturated heterocycles. The van der Waals surface area contributed by atoms with E-state index in [-0.39, 0.29) is 0 Å². The standard InChI is InChI=1S/C14H18ClNS2/c15-10-3-4-14-12(8-10)13(5-7-18-14)16-11-2-1-6-17-9-11/h3-4,8,11,13,16H,1-2,5-7,9H2. The highest BCUT2D eigenvalue weighted by Gasteiger charge is 2.24. The lowest BCUT2D eigenvalue weighted by Gasteiger charge is -2.32. The quantitative estimate of drug-likeness (QED) is 0.871. The van der Waals surface area contributed by atoms with Crippen molar-refractivity contribution in [2.45, 2.75) is 36.2 Å². The van der Waals surface area contributed by atoms with Crippen LogP contribution in [-0.4, -0.2) is 23.3 Å². The molecular weight excluding hydrogens is 282 g/mol. The van der Waals surface area contributed by atoms with E-state index in [4.69, 9.17) is 11.6 Å². The molecular formula is C14H18ClNS2. The van der Waals surface area contributed by atoms with Crippen molar-refractivity contribution in [1.29, 1.82) is 0 Å². The van der Waals surface area contributed by atoms with Crippen LogP contribution in [0, 0.1) is 0 Å². The van der Waals surface area contributed by atoms with Crippen LogP contribution in [0.25, 0.3) is 0 Å². The number of thioether (sulfide) groups is 2. The first-order chi connectivity index (χ1) is 8.83. The topological polar surface area (TPSA) is 12.0 Å². The third-order valence-corrected chi connectivity index (χ3v) is 6.18. The monoisotopic (exact) mass is 299 g/mol. The molecule has 0 amide bonds. The highest BCUT2D eigenvalue weighted by atomic mass is 35.5. The Kier molecular flexibility index (Phi) is 4.45. The first kappa shape index (κ1) is 13.2. The van der Waals surface area contributed by atoms with Crippen LogP contribution in [0.4, 0.5) is 0 Å². The third kappa shape index (κ3) is 3.01. The highest BCUT2D eigenvalue weighted by Crippen LogP contribution is 2.38. The van der Waals surface area contributed by atoms with Gasteiger partial charge in [-0.25, -0.2) is 0 Å². The molecule has 2 aliphatic heterocycles. The molecule has 18 heavy (non-hydrogen) atoms. The van der Waals surface area contributed by atoms with Crippen molar-refractivity contribution in [3.63, 3.8) is 0 Å². The number of hydrogen-bond acceptors (Lipinski definition) is 3. The summed E-state index contributed by atoms with van der Waals surface area (Å²) in [5.41, 5.74) is 1.41. The van der Waals surface area contributed by atoms with Crippen LogP contribution < -0.4 is 5.32 Å². The Labute approximate surface area is 122 Å². The smallest absolute Gasteiger partial charge is 0.0410 e. The van der Waals surface area contributed by atoms with Crippen LogP contribution in [-0.2, 0) is 0 Å². The van der Waals surface area contributed by atoms with Gasteiger partial charge in [0.2, 0.25) is 0 Å². The van der Waals surface area contributed by atoms with Crippen molar-refractivity contribution in [2.75, 3.05) is 17.3 Å². The minimum Gasteiger partial charge on any atom is -0.306 e. The Morgan fingerprint density at radius 1 is 1.22 bits per heavy atom. The summed E-state index contributed by atoms with van der Waals surface area (Å²) in [6.45, 7) is 0. The van der Waals surface area contributed by atoms with Gasteiger partial charge in [-0.05, 0) is 54.5 Å². The second-order valence-electron chi connectivity index (χ2n) is 4.95. The molecule has 98 valence electrons. The fourth-order valence-electron chi connectivity index (χ4n) is 2.70. The Bertz CT molecular complexity index is 418. The molecule has 2 atom stereocenters. The maximum atomic E-state index is 6.14. The molecule has 1 nitrogen and oxygen atoms in total. The fraction of sp³-hybridized carbons (Fsp3) is 0.571. The van der Waals surface area contributed by atoms with E-state index in [2.05, 4.69) is 29.2 Å². The fourth-order valence-corrected chi connectivity index (χ4v) is 5.07. The average Bonchev–Trinajstić information content (AvgIpc) is 2.41. The van der Waals surface area contributed by atoms with Crippen molar-refractivity contribution >= 4 is 35.1 Å². The summed E-state index contributed by atoms with van der Waals surface area (Å²) in [6, 6.07) is 7.52. The van der Waals surface area contributed by atoms with E-state index < -0.39 is 0 Å². The lowest BCUT2D eigenvalue weighted by molar-refractivity contribution is 0.420. The third-order valence-electron chi connectivity index (χ3n) is 3.61. The van der Waals surface area contributed by atoms with E-state index in [1.54, 1.807) is 0 Å². The average molecular weight is 300 g/mol. The maximum absolute atomic E-state index is 6.14. The zero-order chi connectivity index (χ0) is 12.4. The van der Waals surface area contributed by atoms with Gasteiger partial charge in [-0.15, -0.1) is 11.8 Å². The molecule has 1 aromatic rings. The van der Waals surface area contributed by atoms with Crippen LogP contribution in [0.5, 0.6) is 0 Å². The van der Waals surface area contributed by atoms with Gasteiger partial charge in [0, 0.05) is 27.8 Å². The molecule has 0 spiro atoms. The minimum absolute atomic E-state index is 0.503. The molecule has 0 aromatic heterocycles. The Hall–Kier alpha value is 0.170. The zero-order valence-electron chi connectivity index (χ0n) is 10.3. The summed E-state index contributed by atoms with van der Waals surface area (Å²) < 4.78 is 0. The normalized spacial score (nSPS) is 27.8. The lowest BCUT2D eigenvalue weighted by atomic mass is 10.0. The Balaban J connectivity index is 1.75. The summed E-state index contributed by atoms with van der Waals surface area (Å²) in [5.74, 6) is 3.81. The molecule has 0 radical (unpaired) electrons. The van der Waals surface area contributed by atoms with Gasteiger partial charge in [0.05, 0.1) is 0 Å². The van der Waals surface area contributed by atoms with Gasteiger partial charge in [0.15, 0.2) is 0 Å². The SMILES string of the molecule is Clc1ccc2c(c1)C(NC1CCCSC1)CCS2. The molecule has 3 rings (SSSR count). The maximum Gasteiger partial charge on any atom is 0.0410 e. The van der Waals surface area contributed by atoms with Crippen LogP contribution >= 0.6 is 35.1 Å². The van der Waals surface area contributed by atoms with E-state index in [9.17, 15) is 0 Å². The number of halogens is 1. The van der Waals surface area contributed by atoms with Crippen LogP contribution in [0.2, 0.25) is 5.02 Å². The van der Waals surface area contributed by atoms with Gasteiger partial charge >= 0.3 is 0 Å². The van der Waals surface area contributed by atoms with Crippen molar-refractivity contribution in [1.82, 2.24) is 5.32 Å². The van der Waals surface area contributed by atoms with Crippen LogP contribution in [0.3, 0.4) is 0 Å². The molecule has 0 bridgehead atoms. The molecule has 4 heteroatoms. The molecule has 2 unspecified atom stereocenters. The summed E-state index contributed by atoms with van der Waals surface area (Å²) in [4.78, 5) is 1.41. The molecule has 0 saturated carbocycles. The summed E-state index contributed by atoms with van der Waals surface area (Å²) in [5, 5.41) is 4.71. The van der Waals surface area contributed by atoms with E-state index in [1.807, 2.05) is 17.8 Å². The van der Waals surface area contributed by atoms with Crippen molar-refractivity contribution in [3.8, 4) is 0 Å². The number of rotatable bonds is 2. The van der Waals surface area contributed by atoms with Crippen molar-refractivity contribution < 1.29 is 0 Å². The van der Waals surface area contributed by atoms with Gasteiger partial charge in [0.1, 0.15) is 0 Å². The zero-order valence-corrected chi connectivity index (χ0v) is 12.7. The van der Waals surface area contributed by atoms with Crippen molar-refractivity contribution in [2.24, 2.45) is 0 Å². The molecule has 0 aliphatic carbocycles. The van der Waals surface area contributed by atoms with E-state index in [0.29, 0.717) is 12.1 Å². The van der Waals surface area contributed by atoms with E-state index in [0.717, 1.165) is 5.02 Å². The Morgan fingerprint density at radius 3 is 3.00 bits per heavy atom. The lowest BCUT2D eigenvalue weighted by Crippen LogP contribution is -2.37. The van der Waals surface area contributed by atoms with Gasteiger partial charge in [-0.3, -0.25) is 0 Å². The Morgan fingerprint density at radius 2 is 2.17 bits per heavy atom. The van der Waals surface area contributed by atoms with Gasteiger partial charge in [-0.2, -0.15) is 11.8 Å². The van der Waals surface area contributed by atoms with Crippen LogP contribution in [0.15, 0.2) is 23.1 Å². The predicted molar refractivity (Wildman–Crippen MR) is 83.0 cm³/mol. The molecule has 1 fully saturated rings. The number of nitrogens with one attached hydrogen (secondary N) is 1. The molecule has 1 aromatic carbocycles. The predicted octanol–water partition coefficient (Wildman–Crippen LogP) is 4.36. The van der Waals surface area contributed by atoms with E-state index in [1.165, 1.54) is 47.0 Å². The van der Waals surface area contributed by atoms with Gasteiger partial charge < -0.3 is 5.32 Å². The van der Waals surface area contributed by atoms with E-state index >= 15 is 0 Å².